The number of hydrogen-bond acceptors (Lipinski definition) is 7. The molecule has 250 valence electrons. The van der Waals surface area contributed by atoms with Gasteiger partial charge in [0.15, 0.2) is 0 Å². The average Bonchev–Trinajstić information content (AvgIpc) is 3.04. The summed E-state index contributed by atoms with van der Waals surface area (Å²) in [5, 5.41) is 8.78. The van der Waals surface area contributed by atoms with Crippen LogP contribution in [0.2, 0.25) is 0 Å². The summed E-state index contributed by atoms with van der Waals surface area (Å²) in [5.74, 6) is -1.94. The second-order valence-corrected chi connectivity index (χ2v) is 14.1. The number of aromatic nitrogens is 1. The number of hydrogen-bond donors (Lipinski definition) is 3. The number of amides is 4. The van der Waals surface area contributed by atoms with Crippen LogP contribution in [0.5, 0.6) is 0 Å². The Bertz CT molecular complexity index is 1680. The minimum atomic E-state index is -3.51. The Balaban J connectivity index is 1.68. The SMILES string of the molecule is CC(C)[C@H]1NC(=O)c2cncc(c2)CCCNC(=O)CN(C(=O)c2ccc(N(C)S(C)(=O)=O)cc2)C[C@@H](Cc2ccccc2)NC1=O. The molecular weight excluding hydrogens is 620 g/mol. The number of fused-ring (bicyclic) bond motifs is 2. The van der Waals surface area contributed by atoms with E-state index in [0.717, 1.165) is 21.7 Å². The molecule has 1 aliphatic rings. The number of nitrogens with zero attached hydrogens (tertiary/aromatic N) is 3. The monoisotopic (exact) mass is 662 g/mol. The van der Waals surface area contributed by atoms with Gasteiger partial charge in [0.2, 0.25) is 21.8 Å². The molecule has 0 saturated carbocycles. The predicted molar refractivity (Wildman–Crippen MR) is 179 cm³/mol. The van der Waals surface area contributed by atoms with Crippen molar-refractivity contribution >= 4 is 39.3 Å². The molecule has 4 rings (SSSR count). The highest BCUT2D eigenvalue weighted by Gasteiger charge is 2.30. The maximum absolute atomic E-state index is 13.9. The van der Waals surface area contributed by atoms with Crippen LogP contribution in [0.1, 0.15) is 52.1 Å². The lowest BCUT2D eigenvalue weighted by Crippen LogP contribution is -2.55. The number of anilines is 1. The van der Waals surface area contributed by atoms with Gasteiger partial charge in [0.25, 0.3) is 11.8 Å². The molecule has 0 unspecified atom stereocenters. The standard InChI is InChI=1S/C34H42N6O6S/c1-23(2)31-33(43)37-28(18-24-9-6-5-7-10-24)21-40(34(44)26-12-14-29(15-13-26)39(3)47(4,45)46)22-30(41)36-16-8-11-25-17-27(20-35-19-25)32(42)38-31/h5-7,9-10,12-15,17,19-20,23,28,31H,8,11,16,18,21-22H2,1-4H3,(H,36,41)(H,37,43)(H,38,42)/t28-,31-/m1/s1. The molecule has 3 N–H and O–H groups in total. The van der Waals surface area contributed by atoms with Crippen LogP contribution in [0, 0.1) is 5.92 Å². The molecule has 12 nitrogen and oxygen atoms in total. The second kappa shape index (κ2) is 15.7. The van der Waals surface area contributed by atoms with E-state index in [9.17, 15) is 27.6 Å². The molecule has 1 aromatic heterocycles. The predicted octanol–water partition coefficient (Wildman–Crippen LogP) is 2.16. The van der Waals surface area contributed by atoms with E-state index >= 15 is 0 Å². The summed E-state index contributed by atoms with van der Waals surface area (Å²) < 4.78 is 25.1. The molecule has 2 heterocycles. The summed E-state index contributed by atoms with van der Waals surface area (Å²) in [7, 11) is -2.09. The minimum Gasteiger partial charge on any atom is -0.355 e. The quantitative estimate of drug-likeness (QED) is 0.365. The van der Waals surface area contributed by atoms with Crippen molar-refractivity contribution in [3.63, 3.8) is 0 Å². The third kappa shape index (κ3) is 9.85. The number of carbonyl (C=O) groups is 4. The van der Waals surface area contributed by atoms with E-state index < -0.39 is 39.8 Å². The lowest BCUT2D eigenvalue weighted by Gasteiger charge is -2.30. The number of nitrogens with one attached hydrogen (secondary N) is 3. The fourth-order valence-electron chi connectivity index (χ4n) is 5.28. The highest BCUT2D eigenvalue weighted by Crippen LogP contribution is 2.18. The Morgan fingerprint density at radius 2 is 1.72 bits per heavy atom. The number of pyridine rings is 1. The van der Waals surface area contributed by atoms with E-state index in [1.165, 1.54) is 42.4 Å². The van der Waals surface area contributed by atoms with Crippen LogP contribution in [-0.4, -0.2) is 87.0 Å². The zero-order valence-electron chi connectivity index (χ0n) is 27.1. The molecule has 13 heteroatoms. The Morgan fingerprint density at radius 3 is 2.38 bits per heavy atom. The average molecular weight is 663 g/mol. The molecule has 0 fully saturated rings. The van der Waals surface area contributed by atoms with Crippen molar-refractivity contribution in [3.05, 3.63) is 95.3 Å². The number of sulfonamides is 1. The third-order valence-electron chi connectivity index (χ3n) is 7.97. The van der Waals surface area contributed by atoms with E-state index in [1.54, 1.807) is 12.3 Å². The summed E-state index contributed by atoms with van der Waals surface area (Å²) in [6.07, 6.45) is 5.68. The molecule has 2 atom stereocenters. The Hall–Kier alpha value is -4.78. The maximum Gasteiger partial charge on any atom is 0.254 e. The fraction of sp³-hybridized carbons (Fsp3) is 0.382. The van der Waals surface area contributed by atoms with Gasteiger partial charge in [0.1, 0.15) is 6.04 Å². The van der Waals surface area contributed by atoms with Gasteiger partial charge in [0, 0.05) is 38.1 Å². The van der Waals surface area contributed by atoms with Gasteiger partial charge >= 0.3 is 0 Å². The van der Waals surface area contributed by atoms with Gasteiger partial charge in [-0.2, -0.15) is 0 Å². The lowest BCUT2D eigenvalue weighted by atomic mass is 10.00. The summed E-state index contributed by atoms with van der Waals surface area (Å²) in [6.45, 7) is 3.72. The van der Waals surface area contributed by atoms with E-state index in [2.05, 4.69) is 20.9 Å². The molecular formula is C34H42N6O6S. The molecule has 0 aliphatic carbocycles. The second-order valence-electron chi connectivity index (χ2n) is 12.1. The van der Waals surface area contributed by atoms with Crippen molar-refractivity contribution in [1.29, 1.82) is 0 Å². The van der Waals surface area contributed by atoms with Gasteiger partial charge < -0.3 is 20.9 Å². The van der Waals surface area contributed by atoms with Crippen LogP contribution in [0.15, 0.2) is 73.1 Å². The fourth-order valence-corrected chi connectivity index (χ4v) is 5.79. The Kier molecular flexibility index (Phi) is 11.7. The topological polar surface area (TPSA) is 158 Å². The van der Waals surface area contributed by atoms with Gasteiger partial charge in [-0.1, -0.05) is 44.2 Å². The van der Waals surface area contributed by atoms with Crippen LogP contribution < -0.4 is 20.3 Å². The minimum absolute atomic E-state index is 0.0126. The summed E-state index contributed by atoms with van der Waals surface area (Å²) in [6, 6.07) is 15.7. The van der Waals surface area contributed by atoms with E-state index in [-0.39, 0.29) is 30.5 Å². The molecule has 3 aromatic rings. The van der Waals surface area contributed by atoms with Gasteiger partial charge in [-0.15, -0.1) is 0 Å². The molecule has 0 saturated heterocycles. The number of rotatable bonds is 6. The Labute approximate surface area is 276 Å². The molecule has 1 aliphatic heterocycles. The largest absolute Gasteiger partial charge is 0.355 e. The molecule has 2 bridgehead atoms. The first-order valence-electron chi connectivity index (χ1n) is 15.5. The van der Waals surface area contributed by atoms with Crippen LogP contribution >= 0.6 is 0 Å². The summed E-state index contributed by atoms with van der Waals surface area (Å²) >= 11 is 0. The van der Waals surface area contributed by atoms with Gasteiger partial charge in [0.05, 0.1) is 30.1 Å². The molecule has 2 aromatic carbocycles. The van der Waals surface area contributed by atoms with Crippen LogP contribution in [0.4, 0.5) is 5.69 Å². The van der Waals surface area contributed by atoms with Crippen LogP contribution in [0.3, 0.4) is 0 Å². The summed E-state index contributed by atoms with van der Waals surface area (Å²) in [4.78, 5) is 59.7. The van der Waals surface area contributed by atoms with Crippen molar-refractivity contribution in [3.8, 4) is 0 Å². The molecule has 47 heavy (non-hydrogen) atoms. The van der Waals surface area contributed by atoms with Crippen LogP contribution in [-0.2, 0) is 32.5 Å². The Morgan fingerprint density at radius 1 is 1.02 bits per heavy atom. The first kappa shape index (κ1) is 35.1. The molecule has 4 amide bonds. The van der Waals surface area contributed by atoms with Crippen molar-refractivity contribution in [1.82, 2.24) is 25.8 Å². The summed E-state index contributed by atoms with van der Waals surface area (Å²) in [5.41, 5.74) is 2.68. The highest BCUT2D eigenvalue weighted by atomic mass is 32.2. The van der Waals surface area contributed by atoms with E-state index in [4.69, 9.17) is 0 Å². The van der Waals surface area contributed by atoms with Crippen LogP contribution in [0.25, 0.3) is 0 Å². The van der Waals surface area contributed by atoms with Gasteiger partial charge in [-0.3, -0.25) is 28.5 Å². The third-order valence-corrected chi connectivity index (χ3v) is 9.17. The van der Waals surface area contributed by atoms with Gasteiger partial charge in [-0.25, -0.2) is 8.42 Å². The van der Waals surface area contributed by atoms with Crippen molar-refractivity contribution in [2.24, 2.45) is 5.92 Å². The highest BCUT2D eigenvalue weighted by molar-refractivity contribution is 7.92. The first-order chi connectivity index (χ1) is 22.3. The van der Waals surface area contributed by atoms with E-state index in [0.29, 0.717) is 37.1 Å². The normalized spacial score (nSPS) is 18.5. The molecule has 0 radical (unpaired) electrons. The first-order valence-corrected chi connectivity index (χ1v) is 17.4. The smallest absolute Gasteiger partial charge is 0.254 e. The molecule has 0 spiro atoms. The number of carbonyl (C=O) groups excluding carboxylic acids is 4. The van der Waals surface area contributed by atoms with Crippen molar-refractivity contribution in [2.45, 2.75) is 45.2 Å². The van der Waals surface area contributed by atoms with Gasteiger partial charge in [-0.05, 0) is 66.6 Å². The van der Waals surface area contributed by atoms with E-state index in [1.807, 2.05) is 44.2 Å². The van der Waals surface area contributed by atoms with Crippen molar-refractivity contribution < 1.29 is 27.6 Å². The lowest BCUT2D eigenvalue weighted by molar-refractivity contribution is -0.124. The number of aryl methyl sites for hydroxylation is 1. The zero-order valence-corrected chi connectivity index (χ0v) is 27.9. The maximum atomic E-state index is 13.9. The number of benzene rings is 2. The zero-order chi connectivity index (χ0) is 34.1. The van der Waals surface area contributed by atoms with Crippen molar-refractivity contribution in [2.75, 3.05) is 37.2 Å².